The van der Waals surface area contributed by atoms with Crippen molar-refractivity contribution in [3.05, 3.63) is 23.8 Å². The molecule has 1 aliphatic carbocycles. The number of aryl methyl sites for hydroxylation is 3. The van der Waals surface area contributed by atoms with Crippen LogP contribution in [0.25, 0.3) is 5.69 Å². The minimum absolute atomic E-state index is 0.557. The van der Waals surface area contributed by atoms with Gasteiger partial charge in [0.05, 0.1) is 17.1 Å². The maximum atomic E-state index is 4.68. The van der Waals surface area contributed by atoms with Gasteiger partial charge in [-0.1, -0.05) is 26.2 Å². The molecule has 0 atom stereocenters. The zero-order valence-corrected chi connectivity index (χ0v) is 13.3. The van der Waals surface area contributed by atoms with Crippen LogP contribution in [0.1, 0.15) is 50.4 Å². The second kappa shape index (κ2) is 5.92. The summed E-state index contributed by atoms with van der Waals surface area (Å²) in [5.74, 6) is 0.960. The van der Waals surface area contributed by atoms with Crippen LogP contribution in [0.3, 0.4) is 0 Å². The summed E-state index contributed by atoms with van der Waals surface area (Å²) in [7, 11) is 1.97. The number of rotatable bonds is 4. The molecule has 0 aliphatic heterocycles. The van der Waals surface area contributed by atoms with Crippen LogP contribution < -0.4 is 5.32 Å². The Morgan fingerprint density at radius 2 is 2.00 bits per heavy atom. The molecule has 1 aliphatic rings. The molecule has 21 heavy (non-hydrogen) atoms. The van der Waals surface area contributed by atoms with Gasteiger partial charge in [-0.25, -0.2) is 4.98 Å². The van der Waals surface area contributed by atoms with Crippen LogP contribution in [0.4, 0.5) is 5.95 Å². The minimum atomic E-state index is 0.557. The van der Waals surface area contributed by atoms with Crippen molar-refractivity contribution in [3.8, 4) is 5.69 Å². The van der Waals surface area contributed by atoms with E-state index in [0.717, 1.165) is 29.4 Å². The van der Waals surface area contributed by atoms with Crippen LogP contribution in [0.2, 0.25) is 0 Å². The molecule has 0 aromatic carbocycles. The third-order valence-corrected chi connectivity index (χ3v) is 4.24. The SMILES string of the molecule is CCc1nn(C)cc1-n1cc(C)nc1NC1CCCCC1. The van der Waals surface area contributed by atoms with Gasteiger partial charge in [0.25, 0.3) is 0 Å². The number of anilines is 1. The van der Waals surface area contributed by atoms with E-state index in [2.05, 4.69) is 39.3 Å². The number of nitrogens with one attached hydrogen (secondary N) is 1. The lowest BCUT2D eigenvalue weighted by Crippen LogP contribution is -2.24. The van der Waals surface area contributed by atoms with Gasteiger partial charge in [-0.15, -0.1) is 0 Å². The molecule has 0 bridgehead atoms. The van der Waals surface area contributed by atoms with E-state index in [-0.39, 0.29) is 0 Å². The van der Waals surface area contributed by atoms with Crippen molar-refractivity contribution in [3.63, 3.8) is 0 Å². The minimum Gasteiger partial charge on any atom is -0.353 e. The maximum Gasteiger partial charge on any atom is 0.208 e. The van der Waals surface area contributed by atoms with Crippen molar-refractivity contribution in [1.82, 2.24) is 19.3 Å². The average molecular weight is 287 g/mol. The summed E-state index contributed by atoms with van der Waals surface area (Å²) in [6.07, 6.45) is 11.6. The lowest BCUT2D eigenvalue weighted by molar-refractivity contribution is 0.460. The fraction of sp³-hybridized carbons (Fsp3) is 0.625. The third-order valence-electron chi connectivity index (χ3n) is 4.24. The van der Waals surface area contributed by atoms with E-state index in [0.29, 0.717) is 6.04 Å². The van der Waals surface area contributed by atoms with Gasteiger partial charge in [0.2, 0.25) is 5.95 Å². The molecule has 3 rings (SSSR count). The first-order valence-electron chi connectivity index (χ1n) is 8.02. The van der Waals surface area contributed by atoms with E-state index >= 15 is 0 Å². The summed E-state index contributed by atoms with van der Waals surface area (Å²) in [5.41, 5.74) is 3.29. The molecule has 0 unspecified atom stereocenters. The standard InChI is InChI=1S/C16H25N5/c1-4-14-15(11-20(3)19-14)21-10-12(2)17-16(21)18-13-8-6-5-7-9-13/h10-11,13H,4-9H2,1-3H3,(H,17,18). The van der Waals surface area contributed by atoms with Gasteiger partial charge < -0.3 is 5.32 Å². The van der Waals surface area contributed by atoms with Crippen LogP contribution in [0, 0.1) is 6.92 Å². The van der Waals surface area contributed by atoms with Gasteiger partial charge in [-0.3, -0.25) is 9.25 Å². The van der Waals surface area contributed by atoms with E-state index in [1.807, 2.05) is 18.7 Å². The Morgan fingerprint density at radius 1 is 1.24 bits per heavy atom. The molecule has 2 heterocycles. The molecule has 5 heteroatoms. The molecule has 0 radical (unpaired) electrons. The normalized spacial score (nSPS) is 16.3. The van der Waals surface area contributed by atoms with Crippen LogP contribution in [0.5, 0.6) is 0 Å². The summed E-state index contributed by atoms with van der Waals surface area (Å²) in [4.78, 5) is 4.68. The van der Waals surface area contributed by atoms with Crippen molar-refractivity contribution in [2.24, 2.45) is 7.05 Å². The first kappa shape index (κ1) is 14.2. The molecular weight excluding hydrogens is 262 g/mol. The molecule has 2 aromatic rings. The summed E-state index contributed by atoms with van der Waals surface area (Å²) in [5, 5.41) is 8.19. The molecule has 5 nitrogen and oxygen atoms in total. The molecule has 114 valence electrons. The van der Waals surface area contributed by atoms with Crippen LogP contribution >= 0.6 is 0 Å². The molecule has 0 saturated heterocycles. The van der Waals surface area contributed by atoms with Crippen molar-refractivity contribution in [2.75, 3.05) is 5.32 Å². The Bertz CT molecular complexity index is 604. The first-order chi connectivity index (χ1) is 10.2. The summed E-state index contributed by atoms with van der Waals surface area (Å²) < 4.78 is 4.05. The Kier molecular flexibility index (Phi) is 3.99. The van der Waals surface area contributed by atoms with Gasteiger partial charge in [-0.05, 0) is 26.2 Å². The molecule has 0 spiro atoms. The zero-order chi connectivity index (χ0) is 14.8. The Balaban J connectivity index is 1.91. The zero-order valence-electron chi connectivity index (χ0n) is 13.3. The molecule has 1 N–H and O–H groups in total. The highest BCUT2D eigenvalue weighted by atomic mass is 15.3. The van der Waals surface area contributed by atoms with E-state index in [1.54, 1.807) is 0 Å². The molecule has 1 saturated carbocycles. The number of hydrogen-bond donors (Lipinski definition) is 1. The monoisotopic (exact) mass is 287 g/mol. The summed E-state index contributed by atoms with van der Waals surface area (Å²) in [6, 6.07) is 0.557. The predicted molar refractivity (Wildman–Crippen MR) is 84.9 cm³/mol. The van der Waals surface area contributed by atoms with Gasteiger partial charge in [0.15, 0.2) is 0 Å². The second-order valence-corrected chi connectivity index (χ2v) is 6.04. The molecule has 1 fully saturated rings. The lowest BCUT2D eigenvalue weighted by atomic mass is 9.96. The lowest BCUT2D eigenvalue weighted by Gasteiger charge is -2.23. The van der Waals surface area contributed by atoms with Crippen molar-refractivity contribution >= 4 is 5.95 Å². The Hall–Kier alpha value is -1.78. The molecular formula is C16H25N5. The fourth-order valence-corrected chi connectivity index (χ4v) is 3.19. The molecule has 2 aromatic heterocycles. The van der Waals surface area contributed by atoms with E-state index in [1.165, 1.54) is 32.1 Å². The van der Waals surface area contributed by atoms with Gasteiger partial charge >= 0.3 is 0 Å². The smallest absolute Gasteiger partial charge is 0.208 e. The number of nitrogens with zero attached hydrogens (tertiary/aromatic N) is 4. The number of hydrogen-bond acceptors (Lipinski definition) is 3. The second-order valence-electron chi connectivity index (χ2n) is 6.04. The van der Waals surface area contributed by atoms with Crippen LogP contribution in [-0.2, 0) is 13.5 Å². The molecule has 0 amide bonds. The number of imidazole rings is 1. The Labute approximate surface area is 126 Å². The largest absolute Gasteiger partial charge is 0.353 e. The van der Waals surface area contributed by atoms with Crippen molar-refractivity contribution in [2.45, 2.75) is 58.4 Å². The van der Waals surface area contributed by atoms with E-state index in [9.17, 15) is 0 Å². The van der Waals surface area contributed by atoms with E-state index < -0.39 is 0 Å². The highest BCUT2D eigenvalue weighted by Gasteiger charge is 2.18. The highest BCUT2D eigenvalue weighted by Crippen LogP contribution is 2.24. The number of aromatic nitrogens is 4. The third kappa shape index (κ3) is 2.96. The maximum absolute atomic E-state index is 4.68. The first-order valence-corrected chi connectivity index (χ1v) is 8.02. The van der Waals surface area contributed by atoms with Gasteiger partial charge in [0.1, 0.15) is 0 Å². The van der Waals surface area contributed by atoms with Crippen LogP contribution in [0.15, 0.2) is 12.4 Å². The Morgan fingerprint density at radius 3 is 2.71 bits per heavy atom. The van der Waals surface area contributed by atoms with Gasteiger partial charge in [-0.2, -0.15) is 5.10 Å². The average Bonchev–Trinajstić information content (AvgIpc) is 3.02. The summed E-state index contributed by atoms with van der Waals surface area (Å²) in [6.45, 7) is 4.19. The quantitative estimate of drug-likeness (QED) is 0.939. The van der Waals surface area contributed by atoms with Gasteiger partial charge in [0, 0.05) is 25.5 Å². The predicted octanol–water partition coefficient (Wildman–Crippen LogP) is 3.22. The fourth-order valence-electron chi connectivity index (χ4n) is 3.19. The topological polar surface area (TPSA) is 47.7 Å². The van der Waals surface area contributed by atoms with Crippen molar-refractivity contribution in [1.29, 1.82) is 0 Å². The highest BCUT2D eigenvalue weighted by molar-refractivity contribution is 5.45. The summed E-state index contributed by atoms with van der Waals surface area (Å²) >= 11 is 0. The van der Waals surface area contributed by atoms with E-state index in [4.69, 9.17) is 0 Å². The van der Waals surface area contributed by atoms with Crippen molar-refractivity contribution < 1.29 is 0 Å². The van der Waals surface area contributed by atoms with Crippen LogP contribution in [-0.4, -0.2) is 25.4 Å².